The van der Waals surface area contributed by atoms with Crippen LogP contribution in [0.4, 0.5) is 5.69 Å². The molecule has 2 aromatic carbocycles. The third kappa shape index (κ3) is 6.74. The summed E-state index contributed by atoms with van der Waals surface area (Å²) in [6.07, 6.45) is 0. The number of carbonyl (C=O) groups is 1. The summed E-state index contributed by atoms with van der Waals surface area (Å²) in [5.74, 6) is 0.0975. The first-order chi connectivity index (χ1) is 14.2. The van der Waals surface area contributed by atoms with E-state index in [0.717, 1.165) is 4.47 Å². The van der Waals surface area contributed by atoms with Gasteiger partial charge < -0.3 is 10.1 Å². The second-order valence-electron chi connectivity index (χ2n) is 5.98. The number of sulfonamides is 1. The number of anilines is 1. The molecule has 0 saturated heterocycles. The molecule has 0 atom stereocenters. The molecule has 0 aliphatic rings. The van der Waals surface area contributed by atoms with Crippen LogP contribution in [-0.4, -0.2) is 43.4 Å². The van der Waals surface area contributed by atoms with E-state index in [9.17, 15) is 13.2 Å². The molecule has 2 rings (SSSR count). The first kappa shape index (κ1) is 24.7. The summed E-state index contributed by atoms with van der Waals surface area (Å²) in [4.78, 5) is 12.2. The van der Waals surface area contributed by atoms with Gasteiger partial charge in [-0.05, 0) is 70.6 Å². The minimum Gasteiger partial charge on any atom is -0.483 e. The maximum atomic E-state index is 12.5. The van der Waals surface area contributed by atoms with Crippen molar-refractivity contribution in [2.45, 2.75) is 18.7 Å². The van der Waals surface area contributed by atoms with Crippen molar-refractivity contribution in [1.82, 2.24) is 9.62 Å². The van der Waals surface area contributed by atoms with Crippen molar-refractivity contribution in [3.8, 4) is 5.75 Å². The Labute approximate surface area is 198 Å². The maximum absolute atomic E-state index is 12.5. The zero-order chi connectivity index (χ0) is 22.3. The van der Waals surface area contributed by atoms with E-state index >= 15 is 0 Å². The minimum atomic E-state index is -3.53. The number of rotatable bonds is 8. The lowest BCUT2D eigenvalue weighted by Gasteiger charge is -2.18. The highest BCUT2D eigenvalue weighted by Crippen LogP contribution is 2.28. The Balaban J connectivity index is 1.90. The summed E-state index contributed by atoms with van der Waals surface area (Å²) in [7, 11) is -3.53. The predicted molar refractivity (Wildman–Crippen MR) is 128 cm³/mol. The fourth-order valence-electron chi connectivity index (χ4n) is 2.48. The van der Waals surface area contributed by atoms with Crippen molar-refractivity contribution in [1.29, 1.82) is 0 Å². The van der Waals surface area contributed by atoms with Gasteiger partial charge in [-0.3, -0.25) is 10.1 Å². The predicted octanol–water partition coefficient (Wildman–Crippen LogP) is 4.13. The van der Waals surface area contributed by atoms with E-state index < -0.39 is 15.9 Å². The standard InChI is InChI=1S/C19H21Br2N3O4S2/c1-3-24(4-2)30(26,27)15-8-6-14(7-9-15)22-19(29)23-18(25)12-28-17-10-5-13(20)11-16(17)21/h5-11H,3-4,12H2,1-2H3,(H2,22,23,25,29). The molecule has 0 heterocycles. The third-order valence-corrected chi connectivity index (χ3v) is 7.34. The van der Waals surface area contributed by atoms with Gasteiger partial charge in [-0.25, -0.2) is 8.42 Å². The summed E-state index contributed by atoms with van der Waals surface area (Å²) < 4.78 is 33.5. The average molecular weight is 579 g/mol. The second-order valence-corrected chi connectivity index (χ2v) is 10.1. The normalized spacial score (nSPS) is 11.2. The van der Waals surface area contributed by atoms with Gasteiger partial charge in [-0.1, -0.05) is 29.8 Å². The molecule has 0 aromatic heterocycles. The summed E-state index contributed by atoms with van der Waals surface area (Å²) in [5.41, 5.74) is 0.551. The molecule has 0 radical (unpaired) electrons. The molecule has 1 amide bonds. The fourth-order valence-corrected chi connectivity index (χ4v) is 5.33. The molecule has 0 saturated carbocycles. The molecule has 2 N–H and O–H groups in total. The molecule has 0 bridgehead atoms. The molecule has 162 valence electrons. The third-order valence-electron chi connectivity index (χ3n) is 3.96. The molecule has 0 spiro atoms. The lowest BCUT2D eigenvalue weighted by Crippen LogP contribution is -2.37. The highest BCUT2D eigenvalue weighted by molar-refractivity contribution is 9.11. The number of amides is 1. The van der Waals surface area contributed by atoms with Gasteiger partial charge in [0.25, 0.3) is 5.91 Å². The van der Waals surface area contributed by atoms with Crippen molar-refractivity contribution < 1.29 is 17.9 Å². The SMILES string of the molecule is CCN(CC)S(=O)(=O)c1ccc(NC(=S)NC(=O)COc2ccc(Br)cc2Br)cc1. The average Bonchev–Trinajstić information content (AvgIpc) is 2.68. The quantitative estimate of drug-likeness (QED) is 0.458. The van der Waals surface area contributed by atoms with Crippen molar-refractivity contribution in [3.05, 3.63) is 51.4 Å². The molecule has 0 aliphatic carbocycles. The van der Waals surface area contributed by atoms with Crippen LogP contribution in [0.5, 0.6) is 5.75 Å². The van der Waals surface area contributed by atoms with E-state index in [1.807, 2.05) is 6.07 Å². The Morgan fingerprint density at radius 2 is 1.73 bits per heavy atom. The molecule has 11 heteroatoms. The number of thiocarbonyl (C=S) groups is 1. The van der Waals surface area contributed by atoms with Crippen molar-refractivity contribution in [2.75, 3.05) is 25.0 Å². The summed E-state index contributed by atoms with van der Waals surface area (Å²) in [6, 6.07) is 11.5. The number of nitrogens with one attached hydrogen (secondary N) is 2. The molecular weight excluding hydrogens is 558 g/mol. The molecule has 0 unspecified atom stereocenters. The van der Waals surface area contributed by atoms with Gasteiger partial charge in [0.1, 0.15) is 5.75 Å². The number of ether oxygens (including phenoxy) is 1. The van der Waals surface area contributed by atoms with E-state index in [4.69, 9.17) is 17.0 Å². The maximum Gasteiger partial charge on any atom is 0.264 e. The highest BCUT2D eigenvalue weighted by atomic mass is 79.9. The van der Waals surface area contributed by atoms with E-state index in [-0.39, 0.29) is 16.6 Å². The summed E-state index contributed by atoms with van der Waals surface area (Å²) >= 11 is 11.8. The molecule has 0 aliphatic heterocycles. The van der Waals surface area contributed by atoms with Crippen LogP contribution in [0.15, 0.2) is 56.3 Å². The zero-order valence-electron chi connectivity index (χ0n) is 16.3. The number of halogens is 2. The molecule has 30 heavy (non-hydrogen) atoms. The molecular formula is C19H21Br2N3O4S2. The number of hydrogen-bond donors (Lipinski definition) is 2. The topological polar surface area (TPSA) is 87.7 Å². The Morgan fingerprint density at radius 3 is 2.30 bits per heavy atom. The van der Waals surface area contributed by atoms with E-state index in [1.165, 1.54) is 16.4 Å². The Bertz CT molecular complexity index is 1010. The Kier molecular flexibility index (Phi) is 9.23. The van der Waals surface area contributed by atoms with Crippen LogP contribution in [0.3, 0.4) is 0 Å². The van der Waals surface area contributed by atoms with Crippen molar-refractivity contribution in [2.24, 2.45) is 0 Å². The molecule has 0 fully saturated rings. The monoisotopic (exact) mass is 577 g/mol. The summed E-state index contributed by atoms with van der Waals surface area (Å²) in [5, 5.41) is 5.44. The number of nitrogens with zero attached hydrogens (tertiary/aromatic N) is 1. The molecule has 2 aromatic rings. The van der Waals surface area contributed by atoms with Crippen LogP contribution in [0, 0.1) is 0 Å². The number of hydrogen-bond acceptors (Lipinski definition) is 5. The van der Waals surface area contributed by atoms with Crippen LogP contribution >= 0.6 is 44.1 Å². The van der Waals surface area contributed by atoms with E-state index in [1.54, 1.807) is 38.1 Å². The van der Waals surface area contributed by atoms with E-state index in [0.29, 0.717) is 29.0 Å². The minimum absolute atomic E-state index is 0.0813. The van der Waals surface area contributed by atoms with Crippen molar-refractivity contribution in [3.63, 3.8) is 0 Å². The largest absolute Gasteiger partial charge is 0.483 e. The van der Waals surface area contributed by atoms with E-state index in [2.05, 4.69) is 42.5 Å². The number of carbonyl (C=O) groups excluding carboxylic acids is 1. The van der Waals surface area contributed by atoms with Gasteiger partial charge in [-0.15, -0.1) is 0 Å². The Hall–Kier alpha value is -1.53. The van der Waals surface area contributed by atoms with Crippen molar-refractivity contribution >= 4 is 70.8 Å². The lowest BCUT2D eigenvalue weighted by molar-refractivity contribution is -0.121. The number of benzene rings is 2. The zero-order valence-corrected chi connectivity index (χ0v) is 21.1. The molecule has 7 nitrogen and oxygen atoms in total. The smallest absolute Gasteiger partial charge is 0.264 e. The lowest BCUT2D eigenvalue weighted by atomic mass is 10.3. The van der Waals surface area contributed by atoms with Gasteiger partial charge in [0.2, 0.25) is 10.0 Å². The summed E-state index contributed by atoms with van der Waals surface area (Å²) in [6.45, 7) is 4.15. The van der Waals surface area contributed by atoms with Crippen LogP contribution < -0.4 is 15.4 Å². The van der Waals surface area contributed by atoms with Crippen LogP contribution in [0.2, 0.25) is 0 Å². The van der Waals surface area contributed by atoms with Gasteiger partial charge in [-0.2, -0.15) is 4.31 Å². The highest BCUT2D eigenvalue weighted by Gasteiger charge is 2.21. The first-order valence-corrected chi connectivity index (χ1v) is 12.4. The van der Waals surface area contributed by atoms with Crippen LogP contribution in [0.1, 0.15) is 13.8 Å². The van der Waals surface area contributed by atoms with Gasteiger partial charge in [0.05, 0.1) is 9.37 Å². The van der Waals surface area contributed by atoms with Crippen LogP contribution in [-0.2, 0) is 14.8 Å². The first-order valence-electron chi connectivity index (χ1n) is 8.96. The van der Waals surface area contributed by atoms with Gasteiger partial charge in [0, 0.05) is 23.2 Å². The Morgan fingerprint density at radius 1 is 1.10 bits per heavy atom. The fraction of sp³-hybridized carbons (Fsp3) is 0.263. The van der Waals surface area contributed by atoms with Gasteiger partial charge in [0.15, 0.2) is 11.7 Å². The second kappa shape index (κ2) is 11.2. The van der Waals surface area contributed by atoms with Gasteiger partial charge >= 0.3 is 0 Å². The van der Waals surface area contributed by atoms with Crippen LogP contribution in [0.25, 0.3) is 0 Å².